The van der Waals surface area contributed by atoms with E-state index in [4.69, 9.17) is 18.9 Å². The number of hydrogen-bond donors (Lipinski definition) is 0. The van der Waals surface area contributed by atoms with Crippen LogP contribution in [0.25, 0.3) is 6.08 Å². The molecule has 47 heavy (non-hydrogen) atoms. The summed E-state index contributed by atoms with van der Waals surface area (Å²) in [5.74, 6) is 0.144. The summed E-state index contributed by atoms with van der Waals surface area (Å²) in [6.07, 6.45) is 1.78. The van der Waals surface area contributed by atoms with Crippen molar-refractivity contribution in [2.24, 2.45) is 4.99 Å². The topological polar surface area (TPSA) is 105 Å². The SMILES string of the molecule is CCOC(=O)C1=C(C)N=c2s/c(=C\c3cc(Br)c(OCc4ccc(C(=O)OCC)cc4)c(OCC)c3)c(=O)n2[C@H]1c1ccc(C)cc1. The number of nitrogens with zero attached hydrogens (tertiary/aromatic N) is 2. The average molecular weight is 720 g/mol. The van der Waals surface area contributed by atoms with Gasteiger partial charge in [-0.2, -0.15) is 0 Å². The molecule has 244 valence electrons. The largest absolute Gasteiger partial charge is 0.490 e. The van der Waals surface area contributed by atoms with E-state index in [2.05, 4.69) is 20.9 Å². The summed E-state index contributed by atoms with van der Waals surface area (Å²) in [4.78, 5) is 44.3. The van der Waals surface area contributed by atoms with E-state index in [1.807, 2.05) is 62.4 Å². The summed E-state index contributed by atoms with van der Waals surface area (Å²) in [5, 5.41) is 0. The van der Waals surface area contributed by atoms with Crippen molar-refractivity contribution >= 4 is 45.3 Å². The molecular weight excluding hydrogens is 684 g/mol. The van der Waals surface area contributed by atoms with Crippen molar-refractivity contribution in [1.82, 2.24) is 4.57 Å². The molecular formula is C36H35BrN2O7S. The van der Waals surface area contributed by atoms with Gasteiger partial charge in [-0.3, -0.25) is 9.36 Å². The van der Waals surface area contributed by atoms with Crippen LogP contribution in [0.2, 0.25) is 0 Å². The smallest absolute Gasteiger partial charge is 0.338 e. The van der Waals surface area contributed by atoms with E-state index in [1.165, 1.54) is 11.3 Å². The number of aromatic nitrogens is 1. The monoisotopic (exact) mass is 718 g/mol. The lowest BCUT2D eigenvalue weighted by Gasteiger charge is -2.24. The quantitative estimate of drug-likeness (QED) is 0.175. The number of ether oxygens (including phenoxy) is 4. The predicted octanol–water partition coefficient (Wildman–Crippen LogP) is 6.02. The fraction of sp³-hybridized carbons (Fsp3) is 0.278. The summed E-state index contributed by atoms with van der Waals surface area (Å²) < 4.78 is 25.2. The molecule has 3 aromatic carbocycles. The zero-order valence-electron chi connectivity index (χ0n) is 26.8. The molecule has 0 radical (unpaired) electrons. The Morgan fingerprint density at radius 2 is 1.60 bits per heavy atom. The maximum Gasteiger partial charge on any atom is 0.338 e. The highest BCUT2D eigenvalue weighted by molar-refractivity contribution is 9.10. The molecule has 2 heterocycles. The molecule has 1 atom stereocenters. The molecule has 9 nitrogen and oxygen atoms in total. The van der Waals surface area contributed by atoms with Gasteiger partial charge in [0.15, 0.2) is 16.3 Å². The van der Waals surface area contributed by atoms with Gasteiger partial charge in [0.2, 0.25) is 0 Å². The van der Waals surface area contributed by atoms with Gasteiger partial charge in [-0.25, -0.2) is 14.6 Å². The van der Waals surface area contributed by atoms with E-state index in [1.54, 1.807) is 43.5 Å². The molecule has 1 aromatic heterocycles. The van der Waals surface area contributed by atoms with Gasteiger partial charge in [-0.1, -0.05) is 53.3 Å². The number of fused-ring (bicyclic) bond motifs is 1. The highest BCUT2D eigenvalue weighted by Gasteiger charge is 2.33. The van der Waals surface area contributed by atoms with Crippen molar-refractivity contribution in [3.8, 4) is 11.5 Å². The van der Waals surface area contributed by atoms with Crippen LogP contribution in [0, 0.1) is 6.92 Å². The van der Waals surface area contributed by atoms with Gasteiger partial charge in [-0.15, -0.1) is 0 Å². The van der Waals surface area contributed by atoms with Crippen LogP contribution >= 0.6 is 27.3 Å². The molecule has 0 bridgehead atoms. The standard InChI is InChI=1S/C36H35BrN2O7S/c1-6-43-28-18-24(17-27(37)32(28)46-20-23-11-15-26(16-12-23)34(41)44-7-2)19-29-33(40)39-31(25-13-9-21(4)10-14-25)30(35(42)45-8-3)22(5)38-36(39)47-29/h9-19,31H,6-8,20H2,1-5H3/b29-19-/t31-/m0/s1. The first-order valence-corrected chi connectivity index (χ1v) is 16.9. The molecule has 0 amide bonds. The van der Waals surface area contributed by atoms with Gasteiger partial charge < -0.3 is 18.9 Å². The number of esters is 2. The fourth-order valence-electron chi connectivity index (χ4n) is 5.19. The van der Waals surface area contributed by atoms with Crippen LogP contribution in [0.15, 0.2) is 86.2 Å². The average Bonchev–Trinajstić information content (AvgIpc) is 3.34. The number of thiazole rings is 1. The van der Waals surface area contributed by atoms with Gasteiger partial charge in [0.25, 0.3) is 5.56 Å². The second-order valence-corrected chi connectivity index (χ2v) is 12.5. The number of hydrogen-bond acceptors (Lipinski definition) is 9. The maximum absolute atomic E-state index is 14.0. The van der Waals surface area contributed by atoms with Crippen LogP contribution in [0.4, 0.5) is 0 Å². The second kappa shape index (κ2) is 15.0. The third kappa shape index (κ3) is 7.41. The Balaban J connectivity index is 1.50. The number of aryl methyl sites for hydroxylation is 1. The van der Waals surface area contributed by atoms with Gasteiger partial charge in [0.1, 0.15) is 6.61 Å². The summed E-state index contributed by atoms with van der Waals surface area (Å²) in [5.41, 5.74) is 4.48. The van der Waals surface area contributed by atoms with Gasteiger partial charge in [-0.05, 0) is 97.6 Å². The summed E-state index contributed by atoms with van der Waals surface area (Å²) in [6.45, 7) is 10.3. The van der Waals surface area contributed by atoms with Gasteiger partial charge in [0.05, 0.1) is 51.7 Å². The van der Waals surface area contributed by atoms with E-state index < -0.39 is 12.0 Å². The molecule has 4 aromatic rings. The molecule has 1 aliphatic heterocycles. The molecule has 0 spiro atoms. The second-order valence-electron chi connectivity index (χ2n) is 10.7. The van der Waals surface area contributed by atoms with Gasteiger partial charge >= 0.3 is 11.9 Å². The van der Waals surface area contributed by atoms with Crippen LogP contribution in [0.5, 0.6) is 11.5 Å². The minimum Gasteiger partial charge on any atom is -0.490 e. The van der Waals surface area contributed by atoms with E-state index >= 15 is 0 Å². The van der Waals surface area contributed by atoms with Crippen LogP contribution in [-0.2, 0) is 20.9 Å². The Hall–Kier alpha value is -4.48. The van der Waals surface area contributed by atoms with Crippen molar-refractivity contribution in [2.45, 2.75) is 47.3 Å². The fourth-order valence-corrected chi connectivity index (χ4v) is 6.81. The van der Waals surface area contributed by atoms with E-state index in [9.17, 15) is 14.4 Å². The van der Waals surface area contributed by atoms with E-state index in [0.29, 0.717) is 60.9 Å². The first kappa shape index (κ1) is 33.9. The zero-order chi connectivity index (χ0) is 33.7. The number of carbonyl (C=O) groups is 2. The first-order chi connectivity index (χ1) is 22.6. The number of benzene rings is 3. The van der Waals surface area contributed by atoms with Crippen LogP contribution < -0.4 is 24.4 Å². The highest BCUT2D eigenvalue weighted by Crippen LogP contribution is 2.38. The van der Waals surface area contributed by atoms with Gasteiger partial charge in [0, 0.05) is 0 Å². The van der Waals surface area contributed by atoms with Crippen molar-refractivity contribution in [3.05, 3.63) is 124 Å². The summed E-state index contributed by atoms with van der Waals surface area (Å²) >= 11 is 4.88. The first-order valence-electron chi connectivity index (χ1n) is 15.3. The molecule has 5 rings (SSSR count). The minimum atomic E-state index is -0.680. The Morgan fingerprint density at radius 1 is 0.915 bits per heavy atom. The molecule has 0 N–H and O–H groups in total. The Morgan fingerprint density at radius 3 is 2.26 bits per heavy atom. The summed E-state index contributed by atoms with van der Waals surface area (Å²) in [6, 6.07) is 17.8. The van der Waals surface area contributed by atoms with Crippen molar-refractivity contribution in [1.29, 1.82) is 0 Å². The number of rotatable bonds is 11. The van der Waals surface area contributed by atoms with Crippen LogP contribution in [-0.4, -0.2) is 36.3 Å². The third-order valence-electron chi connectivity index (χ3n) is 7.39. The predicted molar refractivity (Wildman–Crippen MR) is 184 cm³/mol. The molecule has 11 heteroatoms. The molecule has 0 saturated heterocycles. The zero-order valence-corrected chi connectivity index (χ0v) is 29.2. The van der Waals surface area contributed by atoms with E-state index in [0.717, 1.165) is 16.7 Å². The lowest BCUT2D eigenvalue weighted by molar-refractivity contribution is -0.139. The maximum atomic E-state index is 14.0. The van der Waals surface area contributed by atoms with Crippen molar-refractivity contribution in [3.63, 3.8) is 0 Å². The number of allylic oxidation sites excluding steroid dienone is 1. The van der Waals surface area contributed by atoms with Crippen molar-refractivity contribution in [2.75, 3.05) is 19.8 Å². The van der Waals surface area contributed by atoms with Crippen LogP contribution in [0.1, 0.15) is 66.3 Å². The molecule has 0 unspecified atom stereocenters. The Kier molecular flexibility index (Phi) is 10.8. The minimum absolute atomic E-state index is 0.208. The highest BCUT2D eigenvalue weighted by atomic mass is 79.9. The number of halogens is 1. The summed E-state index contributed by atoms with van der Waals surface area (Å²) in [7, 11) is 0. The normalized spacial score (nSPS) is 14.3. The van der Waals surface area contributed by atoms with E-state index in [-0.39, 0.29) is 24.7 Å². The number of carbonyl (C=O) groups excluding carboxylic acids is 2. The lowest BCUT2D eigenvalue weighted by Crippen LogP contribution is -2.39. The molecule has 0 aliphatic carbocycles. The Bertz CT molecular complexity index is 2010. The molecule has 0 saturated carbocycles. The Labute approximate surface area is 284 Å². The van der Waals surface area contributed by atoms with Crippen molar-refractivity contribution < 1.29 is 28.5 Å². The van der Waals surface area contributed by atoms with Crippen LogP contribution in [0.3, 0.4) is 0 Å². The molecule has 0 fully saturated rings. The lowest BCUT2D eigenvalue weighted by atomic mass is 9.95. The molecule has 1 aliphatic rings. The third-order valence-corrected chi connectivity index (χ3v) is 8.96.